The second-order valence-electron chi connectivity index (χ2n) is 8.00. The Bertz CT molecular complexity index is 1530. The van der Waals surface area contributed by atoms with Gasteiger partial charge in [-0.15, -0.1) is 0 Å². The van der Waals surface area contributed by atoms with Crippen LogP contribution in [-0.4, -0.2) is 41.2 Å². The molecule has 0 atom stereocenters. The predicted octanol–water partition coefficient (Wildman–Crippen LogP) is 2.89. The molecular weight excluding hydrogens is 470 g/mol. The summed E-state index contributed by atoms with van der Waals surface area (Å²) in [6.07, 6.45) is 1.60. The van der Waals surface area contributed by atoms with E-state index < -0.39 is 10.0 Å². The van der Waals surface area contributed by atoms with Crippen molar-refractivity contribution < 1.29 is 17.9 Å². The number of hydrogen-bond donors (Lipinski definition) is 2. The summed E-state index contributed by atoms with van der Waals surface area (Å²) in [5, 5.41) is 13.8. The highest BCUT2D eigenvalue weighted by Gasteiger charge is 2.15. The number of aryl methyl sites for hydroxylation is 2. The van der Waals surface area contributed by atoms with Gasteiger partial charge >= 0.3 is 5.97 Å². The quantitative estimate of drug-likeness (QED) is 0.370. The van der Waals surface area contributed by atoms with Gasteiger partial charge in [0, 0.05) is 44.0 Å². The van der Waals surface area contributed by atoms with Gasteiger partial charge in [-0.3, -0.25) is 9.48 Å². The molecule has 2 heterocycles. The van der Waals surface area contributed by atoms with Crippen LogP contribution >= 0.6 is 0 Å². The Hall–Kier alpha value is -4.03. The molecule has 182 valence electrons. The van der Waals surface area contributed by atoms with Crippen molar-refractivity contribution in [3.63, 3.8) is 0 Å². The molecule has 0 bridgehead atoms. The molecule has 2 aromatic carbocycles. The van der Waals surface area contributed by atoms with Crippen LogP contribution in [0.4, 0.5) is 23.1 Å². The zero-order valence-corrected chi connectivity index (χ0v) is 20.5. The van der Waals surface area contributed by atoms with Crippen molar-refractivity contribution in [2.75, 3.05) is 17.3 Å². The Kier molecular flexibility index (Phi) is 6.41. The minimum atomic E-state index is -3.85. The van der Waals surface area contributed by atoms with Crippen molar-refractivity contribution in [3.05, 3.63) is 59.9 Å². The van der Waals surface area contributed by atoms with Crippen LogP contribution in [0.5, 0.6) is 0 Å². The van der Waals surface area contributed by atoms with E-state index in [1.807, 2.05) is 30.1 Å². The van der Waals surface area contributed by atoms with E-state index in [4.69, 9.17) is 9.88 Å². The average molecular weight is 496 g/mol. The number of nitrogens with zero attached hydrogens (tertiary/aromatic N) is 5. The number of esters is 1. The summed E-state index contributed by atoms with van der Waals surface area (Å²) < 4.78 is 30.5. The Balaban J connectivity index is 1.59. The summed E-state index contributed by atoms with van der Waals surface area (Å²) in [6, 6.07) is 12.4. The minimum Gasteiger partial charge on any atom is -0.459 e. The molecule has 11 nitrogen and oxygen atoms in total. The van der Waals surface area contributed by atoms with Gasteiger partial charge in [-0.05, 0) is 48.9 Å². The standard InChI is InChI=1S/C23H25N7O4S/c1-14-5-6-16(11-21(14)35(24,32)33)26-23-25-10-9-22(27-23)29(3)17-7-8-18-19(12-17)28-30(4)20(18)13-34-15(2)31/h5-12H,13H2,1-4H3,(H2,24,32,33)(H,25,26,27). The third-order valence-electron chi connectivity index (χ3n) is 5.48. The molecule has 2 aromatic heterocycles. The number of fused-ring (bicyclic) bond motifs is 1. The molecule has 4 rings (SSSR count). The summed E-state index contributed by atoms with van der Waals surface area (Å²) in [7, 11) is -0.190. The SMILES string of the molecule is CC(=O)OCc1c2ccc(N(C)c3ccnc(Nc4ccc(C)c(S(N)(=O)=O)c4)n3)cc2nn1C. The van der Waals surface area contributed by atoms with Gasteiger partial charge in [-0.1, -0.05) is 6.07 Å². The van der Waals surface area contributed by atoms with Crippen LogP contribution in [0.1, 0.15) is 18.2 Å². The Morgan fingerprint density at radius 1 is 1.20 bits per heavy atom. The van der Waals surface area contributed by atoms with Crippen LogP contribution in [-0.2, 0) is 33.2 Å². The first kappa shape index (κ1) is 24.1. The van der Waals surface area contributed by atoms with Crippen molar-refractivity contribution in [2.45, 2.75) is 25.3 Å². The molecule has 35 heavy (non-hydrogen) atoms. The van der Waals surface area contributed by atoms with Crippen molar-refractivity contribution in [1.29, 1.82) is 0 Å². The van der Waals surface area contributed by atoms with Crippen molar-refractivity contribution in [3.8, 4) is 0 Å². The topological polar surface area (TPSA) is 145 Å². The first-order valence-electron chi connectivity index (χ1n) is 10.6. The second kappa shape index (κ2) is 9.31. The van der Waals surface area contributed by atoms with E-state index >= 15 is 0 Å². The highest BCUT2D eigenvalue weighted by molar-refractivity contribution is 7.89. The smallest absolute Gasteiger partial charge is 0.303 e. The van der Waals surface area contributed by atoms with Gasteiger partial charge in [0.05, 0.1) is 16.1 Å². The number of rotatable bonds is 7. The number of carbonyl (C=O) groups is 1. The molecule has 0 aliphatic rings. The van der Waals surface area contributed by atoms with Crippen LogP contribution in [0.2, 0.25) is 0 Å². The highest BCUT2D eigenvalue weighted by Crippen LogP contribution is 2.28. The number of carbonyl (C=O) groups excluding carboxylic acids is 1. The molecule has 0 spiro atoms. The number of aromatic nitrogens is 4. The molecule has 3 N–H and O–H groups in total. The molecule has 0 fully saturated rings. The number of nitrogens with two attached hydrogens (primary N) is 1. The molecule has 0 aliphatic heterocycles. The van der Waals surface area contributed by atoms with E-state index in [1.54, 1.807) is 43.0 Å². The van der Waals surface area contributed by atoms with E-state index in [0.29, 0.717) is 23.0 Å². The van der Waals surface area contributed by atoms with E-state index in [-0.39, 0.29) is 17.5 Å². The van der Waals surface area contributed by atoms with E-state index in [2.05, 4.69) is 20.4 Å². The predicted molar refractivity (Wildman–Crippen MR) is 132 cm³/mol. The number of ether oxygens (including phenoxy) is 1. The third-order valence-corrected chi connectivity index (χ3v) is 6.53. The van der Waals surface area contributed by atoms with Crippen molar-refractivity contribution in [2.24, 2.45) is 12.2 Å². The summed E-state index contributed by atoms with van der Waals surface area (Å²) in [6.45, 7) is 3.19. The maximum atomic E-state index is 11.8. The normalized spacial score (nSPS) is 11.5. The molecule has 0 aliphatic carbocycles. The van der Waals surface area contributed by atoms with Crippen molar-refractivity contribution in [1.82, 2.24) is 19.7 Å². The van der Waals surface area contributed by atoms with Gasteiger partial charge in [-0.25, -0.2) is 18.5 Å². The van der Waals surface area contributed by atoms with Crippen LogP contribution in [0.15, 0.2) is 53.6 Å². The summed E-state index contributed by atoms with van der Waals surface area (Å²) in [5.74, 6) is 0.549. The molecular formula is C23H25N7O4S. The Morgan fingerprint density at radius 2 is 1.97 bits per heavy atom. The number of nitrogens with one attached hydrogen (secondary N) is 1. The fourth-order valence-electron chi connectivity index (χ4n) is 3.63. The van der Waals surface area contributed by atoms with Crippen LogP contribution in [0, 0.1) is 6.92 Å². The van der Waals surface area contributed by atoms with E-state index in [0.717, 1.165) is 22.3 Å². The molecule has 0 radical (unpaired) electrons. The van der Waals surface area contributed by atoms with Gasteiger partial charge < -0.3 is 15.0 Å². The van der Waals surface area contributed by atoms with Crippen LogP contribution < -0.4 is 15.4 Å². The van der Waals surface area contributed by atoms with E-state index in [9.17, 15) is 13.2 Å². The fourth-order valence-corrected chi connectivity index (χ4v) is 4.44. The largest absolute Gasteiger partial charge is 0.459 e. The average Bonchev–Trinajstić information content (AvgIpc) is 3.11. The lowest BCUT2D eigenvalue weighted by Crippen LogP contribution is -2.14. The maximum absolute atomic E-state index is 11.8. The number of primary sulfonamides is 1. The van der Waals surface area contributed by atoms with Crippen molar-refractivity contribution >= 4 is 50.0 Å². The van der Waals surface area contributed by atoms with Crippen LogP contribution in [0.3, 0.4) is 0 Å². The highest BCUT2D eigenvalue weighted by atomic mass is 32.2. The minimum absolute atomic E-state index is 0.0347. The van der Waals surface area contributed by atoms with Gasteiger partial charge in [0.1, 0.15) is 12.4 Å². The lowest BCUT2D eigenvalue weighted by Gasteiger charge is -2.19. The Labute approximate surface area is 202 Å². The summed E-state index contributed by atoms with van der Waals surface area (Å²) >= 11 is 0. The molecule has 12 heteroatoms. The monoisotopic (exact) mass is 495 g/mol. The number of benzene rings is 2. The Morgan fingerprint density at radius 3 is 2.69 bits per heavy atom. The first-order chi connectivity index (χ1) is 16.5. The molecule has 4 aromatic rings. The second-order valence-corrected chi connectivity index (χ2v) is 9.53. The first-order valence-corrected chi connectivity index (χ1v) is 12.1. The molecule has 0 saturated heterocycles. The fraction of sp³-hybridized carbons (Fsp3) is 0.217. The lowest BCUT2D eigenvalue weighted by atomic mass is 10.2. The molecule has 0 unspecified atom stereocenters. The molecule has 0 saturated carbocycles. The zero-order chi connectivity index (χ0) is 25.3. The number of sulfonamides is 1. The number of anilines is 4. The lowest BCUT2D eigenvalue weighted by molar-refractivity contribution is -0.142. The van der Waals surface area contributed by atoms with Gasteiger partial charge in [0.25, 0.3) is 0 Å². The third kappa shape index (κ3) is 5.23. The van der Waals surface area contributed by atoms with Gasteiger partial charge in [0.15, 0.2) is 0 Å². The maximum Gasteiger partial charge on any atom is 0.303 e. The van der Waals surface area contributed by atoms with Gasteiger partial charge in [-0.2, -0.15) is 10.1 Å². The molecule has 0 amide bonds. The van der Waals surface area contributed by atoms with E-state index in [1.165, 1.54) is 13.0 Å². The van der Waals surface area contributed by atoms with Gasteiger partial charge in [0.2, 0.25) is 16.0 Å². The van der Waals surface area contributed by atoms with Crippen LogP contribution in [0.25, 0.3) is 10.9 Å². The summed E-state index contributed by atoms with van der Waals surface area (Å²) in [4.78, 5) is 21.9. The summed E-state index contributed by atoms with van der Waals surface area (Å²) in [5.41, 5.74) is 3.44. The zero-order valence-electron chi connectivity index (χ0n) is 19.7. The number of hydrogen-bond acceptors (Lipinski definition) is 9.